The predicted molar refractivity (Wildman–Crippen MR) is 52.7 cm³/mol. The number of halogens is 1. The molecular formula is C10H11ClO. The van der Waals surface area contributed by atoms with Crippen LogP contribution in [0, 0.1) is 0 Å². The van der Waals surface area contributed by atoms with Gasteiger partial charge < -0.3 is 4.74 Å². The molecule has 0 amide bonds. The van der Waals surface area contributed by atoms with Crippen LogP contribution >= 0.6 is 11.6 Å². The van der Waals surface area contributed by atoms with Crippen LogP contribution in [-0.4, -0.2) is 7.11 Å². The highest BCUT2D eigenvalue weighted by molar-refractivity contribution is 6.30. The summed E-state index contributed by atoms with van der Waals surface area (Å²) >= 11 is 5.82. The number of hydrogen-bond acceptors (Lipinski definition) is 1. The highest BCUT2D eigenvalue weighted by Gasteiger charge is 1.98. The fourth-order valence-electron chi connectivity index (χ4n) is 1.02. The number of ether oxygens (including phenoxy) is 1. The van der Waals surface area contributed by atoms with Crippen molar-refractivity contribution >= 4 is 17.7 Å². The third-order valence-corrected chi connectivity index (χ3v) is 1.77. The second kappa shape index (κ2) is 4.17. The van der Waals surface area contributed by atoms with Gasteiger partial charge in [-0.15, -0.1) is 0 Å². The highest BCUT2D eigenvalue weighted by atomic mass is 35.5. The molecule has 1 nitrogen and oxygen atoms in total. The molecule has 0 fully saturated rings. The summed E-state index contributed by atoms with van der Waals surface area (Å²) < 4.78 is 5.14. The molecule has 0 heterocycles. The van der Waals surface area contributed by atoms with Crippen LogP contribution in [0.15, 0.2) is 24.3 Å². The molecule has 1 aromatic rings. The molecule has 0 N–H and O–H groups in total. The lowest BCUT2D eigenvalue weighted by Crippen LogP contribution is -1.85. The molecule has 0 spiro atoms. The van der Waals surface area contributed by atoms with Gasteiger partial charge in [-0.2, -0.15) is 0 Å². The van der Waals surface area contributed by atoms with Crippen LogP contribution in [0.5, 0.6) is 5.75 Å². The first-order valence-electron chi connectivity index (χ1n) is 3.74. The van der Waals surface area contributed by atoms with E-state index >= 15 is 0 Å². The molecule has 0 bridgehead atoms. The van der Waals surface area contributed by atoms with Gasteiger partial charge in [0.05, 0.1) is 7.11 Å². The molecule has 12 heavy (non-hydrogen) atoms. The number of rotatable bonds is 2. The van der Waals surface area contributed by atoms with E-state index in [2.05, 4.69) is 0 Å². The van der Waals surface area contributed by atoms with E-state index in [4.69, 9.17) is 16.3 Å². The van der Waals surface area contributed by atoms with Gasteiger partial charge in [-0.25, -0.2) is 0 Å². The van der Waals surface area contributed by atoms with Crippen LogP contribution in [-0.2, 0) is 0 Å². The summed E-state index contributed by atoms with van der Waals surface area (Å²) in [7, 11) is 1.65. The number of benzene rings is 1. The molecule has 1 aromatic carbocycles. The first kappa shape index (κ1) is 9.14. The van der Waals surface area contributed by atoms with E-state index in [0.717, 1.165) is 16.3 Å². The van der Waals surface area contributed by atoms with Crippen molar-refractivity contribution in [1.82, 2.24) is 0 Å². The maximum Gasteiger partial charge on any atom is 0.126 e. The Bertz CT molecular complexity index is 292. The Labute approximate surface area is 77.6 Å². The maximum absolute atomic E-state index is 5.82. The first-order valence-corrected chi connectivity index (χ1v) is 4.12. The summed E-state index contributed by atoms with van der Waals surface area (Å²) in [5.74, 6) is 0.845. The van der Waals surface area contributed by atoms with Crippen molar-refractivity contribution in [1.29, 1.82) is 0 Å². The summed E-state index contributed by atoms with van der Waals surface area (Å²) in [5, 5.41) is 0.726. The Morgan fingerprint density at radius 2 is 2.17 bits per heavy atom. The van der Waals surface area contributed by atoms with Crippen molar-refractivity contribution in [3.63, 3.8) is 0 Å². The lowest BCUT2D eigenvalue weighted by molar-refractivity contribution is 0.414. The van der Waals surface area contributed by atoms with Crippen molar-refractivity contribution in [2.75, 3.05) is 7.11 Å². The fourth-order valence-corrected chi connectivity index (χ4v) is 1.20. The zero-order valence-corrected chi connectivity index (χ0v) is 7.93. The molecule has 64 valence electrons. The topological polar surface area (TPSA) is 9.23 Å². The Morgan fingerprint density at radius 3 is 2.75 bits per heavy atom. The summed E-state index contributed by atoms with van der Waals surface area (Å²) in [6.07, 6.45) is 3.92. The molecule has 0 saturated carbocycles. The van der Waals surface area contributed by atoms with Gasteiger partial charge in [0.2, 0.25) is 0 Å². The largest absolute Gasteiger partial charge is 0.496 e. The zero-order valence-electron chi connectivity index (χ0n) is 7.17. The van der Waals surface area contributed by atoms with Gasteiger partial charge in [0, 0.05) is 10.6 Å². The molecule has 0 atom stereocenters. The van der Waals surface area contributed by atoms with Crippen molar-refractivity contribution in [3.8, 4) is 5.75 Å². The van der Waals surface area contributed by atoms with E-state index in [9.17, 15) is 0 Å². The Kier molecular flexibility index (Phi) is 3.18. The molecular weight excluding hydrogens is 172 g/mol. The molecule has 2 heteroatoms. The van der Waals surface area contributed by atoms with Crippen LogP contribution in [0.2, 0.25) is 5.02 Å². The van der Waals surface area contributed by atoms with Gasteiger partial charge in [-0.1, -0.05) is 23.8 Å². The van der Waals surface area contributed by atoms with Gasteiger partial charge in [0.15, 0.2) is 0 Å². The lowest BCUT2D eigenvalue weighted by atomic mass is 10.2. The van der Waals surface area contributed by atoms with Gasteiger partial charge in [-0.3, -0.25) is 0 Å². The zero-order chi connectivity index (χ0) is 8.97. The second-order valence-electron chi connectivity index (χ2n) is 2.39. The summed E-state index contributed by atoms with van der Waals surface area (Å²) in [5.41, 5.74) is 1.01. The Hall–Kier alpha value is -0.950. The molecule has 0 aliphatic rings. The van der Waals surface area contributed by atoms with E-state index < -0.39 is 0 Å². The van der Waals surface area contributed by atoms with Crippen molar-refractivity contribution in [2.24, 2.45) is 0 Å². The fraction of sp³-hybridized carbons (Fsp3) is 0.200. The predicted octanol–water partition coefficient (Wildman–Crippen LogP) is 3.38. The third kappa shape index (κ3) is 2.02. The third-order valence-electron chi connectivity index (χ3n) is 1.54. The van der Waals surface area contributed by atoms with Gasteiger partial charge in [0.1, 0.15) is 5.75 Å². The van der Waals surface area contributed by atoms with Crippen molar-refractivity contribution in [3.05, 3.63) is 34.9 Å². The van der Waals surface area contributed by atoms with E-state index in [1.807, 2.05) is 37.3 Å². The SMILES string of the molecule is CC=Cc1cc(Cl)ccc1OC. The smallest absolute Gasteiger partial charge is 0.126 e. The monoisotopic (exact) mass is 182 g/mol. The average molecular weight is 183 g/mol. The highest BCUT2D eigenvalue weighted by Crippen LogP contribution is 2.23. The van der Waals surface area contributed by atoms with Crippen LogP contribution in [0.25, 0.3) is 6.08 Å². The molecule has 0 unspecified atom stereocenters. The van der Waals surface area contributed by atoms with Crippen molar-refractivity contribution < 1.29 is 4.74 Å². The Balaban J connectivity index is 3.12. The first-order chi connectivity index (χ1) is 5.77. The summed E-state index contributed by atoms with van der Waals surface area (Å²) in [4.78, 5) is 0. The van der Waals surface area contributed by atoms with Gasteiger partial charge in [-0.05, 0) is 25.1 Å². The van der Waals surface area contributed by atoms with Crippen LogP contribution in [0.4, 0.5) is 0 Å². The van der Waals surface area contributed by atoms with Crippen LogP contribution < -0.4 is 4.74 Å². The minimum absolute atomic E-state index is 0.726. The second-order valence-corrected chi connectivity index (χ2v) is 2.82. The van der Waals surface area contributed by atoms with Gasteiger partial charge in [0.25, 0.3) is 0 Å². The Morgan fingerprint density at radius 1 is 1.42 bits per heavy atom. The number of allylic oxidation sites excluding steroid dienone is 1. The van der Waals surface area contributed by atoms with Crippen LogP contribution in [0.1, 0.15) is 12.5 Å². The molecule has 1 rings (SSSR count). The van der Waals surface area contributed by atoms with Crippen LogP contribution in [0.3, 0.4) is 0 Å². The standard InChI is InChI=1S/C10H11ClO/c1-3-4-8-7-9(11)5-6-10(8)12-2/h3-7H,1-2H3. The molecule has 0 saturated heterocycles. The summed E-state index contributed by atoms with van der Waals surface area (Å²) in [6, 6.07) is 5.55. The van der Waals surface area contributed by atoms with E-state index in [0.29, 0.717) is 0 Å². The molecule has 0 radical (unpaired) electrons. The van der Waals surface area contributed by atoms with E-state index in [-0.39, 0.29) is 0 Å². The molecule has 0 aromatic heterocycles. The maximum atomic E-state index is 5.82. The minimum Gasteiger partial charge on any atom is -0.496 e. The number of hydrogen-bond donors (Lipinski definition) is 0. The quantitative estimate of drug-likeness (QED) is 0.682. The number of methoxy groups -OCH3 is 1. The average Bonchev–Trinajstić information content (AvgIpc) is 2.05. The minimum atomic E-state index is 0.726. The molecule has 0 aliphatic carbocycles. The van der Waals surface area contributed by atoms with E-state index in [1.165, 1.54) is 0 Å². The normalized spacial score (nSPS) is 10.6. The molecule has 0 aliphatic heterocycles. The van der Waals surface area contributed by atoms with Crippen molar-refractivity contribution in [2.45, 2.75) is 6.92 Å². The lowest BCUT2D eigenvalue weighted by Gasteiger charge is -2.03. The summed E-state index contributed by atoms with van der Waals surface area (Å²) in [6.45, 7) is 1.96. The van der Waals surface area contributed by atoms with E-state index in [1.54, 1.807) is 7.11 Å². The van der Waals surface area contributed by atoms with Gasteiger partial charge >= 0.3 is 0 Å².